The van der Waals surface area contributed by atoms with Crippen molar-refractivity contribution < 1.29 is 9.53 Å². The maximum absolute atomic E-state index is 12.3. The average Bonchev–Trinajstić information content (AvgIpc) is 3.34. The van der Waals surface area contributed by atoms with Crippen LogP contribution in [0.5, 0.6) is 5.75 Å². The van der Waals surface area contributed by atoms with Crippen LogP contribution in [0.2, 0.25) is 0 Å². The molecule has 5 heteroatoms. The average molecular weight is 367 g/mol. The minimum absolute atomic E-state index is 0.0937. The minimum Gasteiger partial charge on any atom is -0.484 e. The molecule has 4 nitrogen and oxygen atoms in total. The van der Waals surface area contributed by atoms with Crippen molar-refractivity contribution in [1.82, 2.24) is 9.80 Å². The summed E-state index contributed by atoms with van der Waals surface area (Å²) in [6.07, 6.45) is 3.84. The molecule has 1 aromatic rings. The molecule has 1 saturated carbocycles. The number of hydrogen-bond acceptors (Lipinski definition) is 3. The lowest BCUT2D eigenvalue weighted by Gasteiger charge is -2.22. The molecule has 0 radical (unpaired) electrons. The van der Waals surface area contributed by atoms with Crippen molar-refractivity contribution in [3.63, 3.8) is 0 Å². The first-order valence-corrected chi connectivity index (χ1v) is 8.88. The van der Waals surface area contributed by atoms with E-state index >= 15 is 0 Å². The second-order valence-corrected chi connectivity index (χ2v) is 7.14. The number of hydrogen-bond donors (Lipinski definition) is 0. The Morgan fingerprint density at radius 2 is 1.91 bits per heavy atom. The van der Waals surface area contributed by atoms with Crippen molar-refractivity contribution in [3.8, 4) is 5.75 Å². The van der Waals surface area contributed by atoms with Crippen molar-refractivity contribution in [2.24, 2.45) is 5.92 Å². The van der Waals surface area contributed by atoms with Gasteiger partial charge in [0.05, 0.1) is 0 Å². The first-order valence-electron chi connectivity index (χ1n) is 8.09. The van der Waals surface area contributed by atoms with Crippen molar-refractivity contribution in [3.05, 3.63) is 28.7 Å². The van der Waals surface area contributed by atoms with Crippen molar-refractivity contribution in [1.29, 1.82) is 0 Å². The highest BCUT2D eigenvalue weighted by Crippen LogP contribution is 2.29. The monoisotopic (exact) mass is 366 g/mol. The summed E-state index contributed by atoms with van der Waals surface area (Å²) in [5.41, 5.74) is 0. The molecule has 1 aliphatic heterocycles. The third-order valence-corrected chi connectivity index (χ3v) is 4.86. The maximum atomic E-state index is 12.3. The molecule has 0 aromatic heterocycles. The lowest BCUT2D eigenvalue weighted by atomic mass is 10.3. The molecule has 0 unspecified atom stereocenters. The van der Waals surface area contributed by atoms with Gasteiger partial charge in [-0.2, -0.15) is 0 Å². The third kappa shape index (κ3) is 4.71. The topological polar surface area (TPSA) is 32.8 Å². The quantitative estimate of drug-likeness (QED) is 0.803. The molecular weight excluding hydrogens is 344 g/mol. The molecule has 0 atom stereocenters. The maximum Gasteiger partial charge on any atom is 0.260 e. The van der Waals surface area contributed by atoms with E-state index in [2.05, 4.69) is 20.8 Å². The fourth-order valence-electron chi connectivity index (χ4n) is 2.84. The van der Waals surface area contributed by atoms with Crippen LogP contribution in [0.15, 0.2) is 28.7 Å². The predicted molar refractivity (Wildman–Crippen MR) is 90.0 cm³/mol. The summed E-state index contributed by atoms with van der Waals surface area (Å²) in [6.45, 7) is 5.15. The van der Waals surface area contributed by atoms with E-state index in [0.717, 1.165) is 48.7 Å². The Hall–Kier alpha value is -1.07. The molecular formula is C17H23BrN2O2. The largest absolute Gasteiger partial charge is 0.484 e. The molecule has 1 heterocycles. The van der Waals surface area contributed by atoms with E-state index in [1.807, 2.05) is 29.2 Å². The fourth-order valence-corrected chi connectivity index (χ4v) is 3.10. The lowest BCUT2D eigenvalue weighted by Crippen LogP contribution is -2.38. The Bertz CT molecular complexity index is 502. The van der Waals surface area contributed by atoms with Crippen LogP contribution in [0, 0.1) is 5.92 Å². The molecule has 2 aliphatic rings. The Labute approximate surface area is 140 Å². The Balaban J connectivity index is 1.44. The van der Waals surface area contributed by atoms with E-state index in [-0.39, 0.29) is 12.5 Å². The summed E-state index contributed by atoms with van der Waals surface area (Å²) in [4.78, 5) is 16.8. The van der Waals surface area contributed by atoms with Gasteiger partial charge in [-0.3, -0.25) is 4.79 Å². The number of benzene rings is 1. The highest BCUT2D eigenvalue weighted by Gasteiger charge is 2.26. The van der Waals surface area contributed by atoms with E-state index in [9.17, 15) is 4.79 Å². The third-order valence-electron chi connectivity index (χ3n) is 4.33. The molecule has 3 rings (SSSR count). The summed E-state index contributed by atoms with van der Waals surface area (Å²) in [5, 5.41) is 0. The van der Waals surface area contributed by atoms with Gasteiger partial charge in [0.1, 0.15) is 5.75 Å². The Kier molecular flexibility index (Phi) is 5.37. The van der Waals surface area contributed by atoms with Gasteiger partial charge >= 0.3 is 0 Å². The highest BCUT2D eigenvalue weighted by atomic mass is 79.9. The second-order valence-electron chi connectivity index (χ2n) is 6.22. The molecule has 1 saturated heterocycles. The van der Waals surface area contributed by atoms with Crippen molar-refractivity contribution in [2.45, 2.75) is 19.3 Å². The van der Waals surface area contributed by atoms with E-state index in [0.29, 0.717) is 0 Å². The number of carbonyl (C=O) groups excluding carboxylic acids is 1. The van der Waals surface area contributed by atoms with E-state index in [1.54, 1.807) is 0 Å². The van der Waals surface area contributed by atoms with Gasteiger partial charge in [0, 0.05) is 30.7 Å². The highest BCUT2D eigenvalue weighted by molar-refractivity contribution is 9.10. The van der Waals surface area contributed by atoms with Crippen LogP contribution in [-0.2, 0) is 4.79 Å². The molecule has 1 amide bonds. The fraction of sp³-hybridized carbons (Fsp3) is 0.588. The number of rotatable bonds is 5. The molecule has 2 fully saturated rings. The Morgan fingerprint density at radius 3 is 2.64 bits per heavy atom. The molecule has 0 bridgehead atoms. The van der Waals surface area contributed by atoms with Crippen LogP contribution < -0.4 is 4.74 Å². The van der Waals surface area contributed by atoms with Crippen molar-refractivity contribution in [2.75, 3.05) is 39.3 Å². The molecule has 0 N–H and O–H groups in total. The summed E-state index contributed by atoms with van der Waals surface area (Å²) in [6, 6.07) is 7.58. The first kappa shape index (κ1) is 15.8. The number of ether oxygens (including phenoxy) is 1. The predicted octanol–water partition coefficient (Wildman–Crippen LogP) is 2.77. The molecule has 120 valence electrons. The zero-order valence-corrected chi connectivity index (χ0v) is 14.4. The van der Waals surface area contributed by atoms with Gasteiger partial charge in [-0.25, -0.2) is 0 Å². The normalized spacial score (nSPS) is 19.8. The number of amides is 1. The van der Waals surface area contributed by atoms with E-state index in [4.69, 9.17) is 4.74 Å². The zero-order chi connectivity index (χ0) is 15.4. The van der Waals surface area contributed by atoms with Gasteiger partial charge in [-0.1, -0.05) is 15.9 Å². The minimum atomic E-state index is 0.0937. The molecule has 1 aliphatic carbocycles. The van der Waals surface area contributed by atoms with Crippen LogP contribution in [0.1, 0.15) is 19.3 Å². The molecule has 22 heavy (non-hydrogen) atoms. The van der Waals surface area contributed by atoms with Crippen LogP contribution in [0.25, 0.3) is 0 Å². The zero-order valence-electron chi connectivity index (χ0n) is 12.8. The van der Waals surface area contributed by atoms with Gasteiger partial charge < -0.3 is 14.5 Å². The van der Waals surface area contributed by atoms with Gasteiger partial charge in [0.25, 0.3) is 5.91 Å². The lowest BCUT2D eigenvalue weighted by molar-refractivity contribution is -0.133. The van der Waals surface area contributed by atoms with Crippen LogP contribution >= 0.6 is 15.9 Å². The van der Waals surface area contributed by atoms with E-state index < -0.39 is 0 Å². The summed E-state index contributed by atoms with van der Waals surface area (Å²) in [5.74, 6) is 1.75. The standard InChI is InChI=1S/C17H23BrN2O2/c18-15-4-6-16(7-5-15)22-13-17(21)20-9-1-8-19(10-11-20)12-14-2-3-14/h4-7,14H,1-3,8-13H2. The van der Waals surface area contributed by atoms with Gasteiger partial charge in [-0.15, -0.1) is 0 Å². The Morgan fingerprint density at radius 1 is 1.14 bits per heavy atom. The van der Waals surface area contributed by atoms with Crippen LogP contribution in [-0.4, -0.2) is 55.0 Å². The SMILES string of the molecule is O=C(COc1ccc(Br)cc1)N1CCCN(CC2CC2)CC1. The van der Waals surface area contributed by atoms with Crippen LogP contribution in [0.4, 0.5) is 0 Å². The number of carbonyl (C=O) groups is 1. The first-order chi connectivity index (χ1) is 10.7. The summed E-state index contributed by atoms with van der Waals surface area (Å²) in [7, 11) is 0. The van der Waals surface area contributed by atoms with Gasteiger partial charge in [0.15, 0.2) is 6.61 Å². The summed E-state index contributed by atoms with van der Waals surface area (Å²) >= 11 is 3.39. The molecule has 1 aromatic carbocycles. The smallest absolute Gasteiger partial charge is 0.260 e. The van der Waals surface area contributed by atoms with Gasteiger partial charge in [-0.05, 0) is 56.0 Å². The summed E-state index contributed by atoms with van der Waals surface area (Å²) < 4.78 is 6.60. The van der Waals surface area contributed by atoms with Gasteiger partial charge in [0.2, 0.25) is 0 Å². The van der Waals surface area contributed by atoms with Crippen LogP contribution in [0.3, 0.4) is 0 Å². The number of nitrogens with zero attached hydrogens (tertiary/aromatic N) is 2. The molecule has 0 spiro atoms. The van der Waals surface area contributed by atoms with Crippen molar-refractivity contribution >= 4 is 21.8 Å². The second kappa shape index (κ2) is 7.47. The van der Waals surface area contributed by atoms with E-state index in [1.165, 1.54) is 19.4 Å². The number of halogens is 1.